The number of rotatable bonds is 9. The molecule has 0 aliphatic carbocycles. The summed E-state index contributed by atoms with van der Waals surface area (Å²) in [4.78, 5) is 11.3. The van der Waals surface area contributed by atoms with E-state index >= 15 is 0 Å². The van der Waals surface area contributed by atoms with Gasteiger partial charge in [0.1, 0.15) is 0 Å². The van der Waals surface area contributed by atoms with Crippen molar-refractivity contribution in [3.63, 3.8) is 0 Å². The first-order valence-electron chi connectivity index (χ1n) is 10.6. The number of fused-ring (bicyclic) bond motifs is 3. The molecule has 3 aromatic rings. The molecule has 3 aromatic carbocycles. The normalized spacial score (nSPS) is 11.3. The van der Waals surface area contributed by atoms with Crippen molar-refractivity contribution >= 4 is 36.3 Å². The van der Waals surface area contributed by atoms with Crippen LogP contribution in [0.25, 0.3) is 21.5 Å². The Bertz CT molecular complexity index is 927. The van der Waals surface area contributed by atoms with Gasteiger partial charge in [0.2, 0.25) is 0 Å². The molecule has 0 bridgehead atoms. The molecule has 0 radical (unpaired) electrons. The van der Waals surface area contributed by atoms with Crippen LogP contribution in [0.3, 0.4) is 0 Å². The molecule has 30 heavy (non-hydrogen) atoms. The van der Waals surface area contributed by atoms with E-state index in [1.165, 1.54) is 0 Å². The highest BCUT2D eigenvalue weighted by Crippen LogP contribution is 2.28. The number of carboxylic acid groups (broad SMARTS) is 1. The average Bonchev–Trinajstić information content (AvgIpc) is 2.74. The van der Waals surface area contributed by atoms with Crippen molar-refractivity contribution in [1.29, 1.82) is 0 Å². The van der Waals surface area contributed by atoms with Gasteiger partial charge in [0.15, 0.2) is 0 Å². The standard InChI is InChI=1S/C15H10O2.C9H22O3Si/c16-15(17)14-9-10-5-1-2-6-11(10)12-7-3-4-8-13(12)14;1-5-9-13(10-6-2,11-7-3)12-8-4/h1-9H,(H,16,17);5-9H2,1-4H3. The zero-order chi connectivity index (χ0) is 22.0. The fraction of sp³-hybridized carbons (Fsp3) is 0.375. The van der Waals surface area contributed by atoms with E-state index in [-0.39, 0.29) is 0 Å². The molecule has 0 saturated carbocycles. The quantitative estimate of drug-likeness (QED) is 0.328. The van der Waals surface area contributed by atoms with Crippen molar-refractivity contribution in [1.82, 2.24) is 0 Å². The summed E-state index contributed by atoms with van der Waals surface area (Å²) in [7, 11) is -2.30. The maximum absolute atomic E-state index is 11.3. The summed E-state index contributed by atoms with van der Waals surface area (Å²) >= 11 is 0. The number of carbonyl (C=O) groups is 1. The zero-order valence-corrected chi connectivity index (χ0v) is 19.3. The van der Waals surface area contributed by atoms with Gasteiger partial charge in [0.25, 0.3) is 0 Å². The van der Waals surface area contributed by atoms with Crippen LogP contribution in [0.1, 0.15) is 44.5 Å². The van der Waals surface area contributed by atoms with Crippen LogP contribution in [0.5, 0.6) is 0 Å². The van der Waals surface area contributed by atoms with Gasteiger partial charge in [0.05, 0.1) is 5.56 Å². The highest BCUT2D eigenvalue weighted by atomic mass is 28.4. The molecule has 0 heterocycles. The van der Waals surface area contributed by atoms with Crippen LogP contribution in [0, 0.1) is 0 Å². The summed E-state index contributed by atoms with van der Waals surface area (Å²) in [5.74, 6) is -0.882. The van der Waals surface area contributed by atoms with Crippen molar-refractivity contribution in [2.45, 2.75) is 40.2 Å². The van der Waals surface area contributed by atoms with Crippen LogP contribution in [0.15, 0.2) is 54.6 Å². The molecule has 0 fully saturated rings. The minimum absolute atomic E-state index is 0.360. The van der Waals surface area contributed by atoms with Gasteiger partial charge in [-0.1, -0.05) is 61.9 Å². The maximum atomic E-state index is 11.3. The fourth-order valence-corrected chi connectivity index (χ4v) is 6.15. The lowest BCUT2D eigenvalue weighted by Gasteiger charge is -2.27. The van der Waals surface area contributed by atoms with Crippen LogP contribution < -0.4 is 0 Å². The van der Waals surface area contributed by atoms with E-state index in [2.05, 4.69) is 6.92 Å². The van der Waals surface area contributed by atoms with Gasteiger partial charge in [-0.2, -0.15) is 0 Å². The lowest BCUT2D eigenvalue weighted by atomic mass is 9.97. The van der Waals surface area contributed by atoms with Crippen molar-refractivity contribution in [2.75, 3.05) is 19.8 Å². The van der Waals surface area contributed by atoms with Crippen molar-refractivity contribution in [3.05, 3.63) is 60.2 Å². The molecule has 0 saturated heterocycles. The van der Waals surface area contributed by atoms with Crippen LogP contribution in [-0.4, -0.2) is 39.7 Å². The summed E-state index contributed by atoms with van der Waals surface area (Å²) < 4.78 is 16.9. The molecule has 6 heteroatoms. The Morgan fingerprint density at radius 1 is 0.800 bits per heavy atom. The largest absolute Gasteiger partial charge is 0.500 e. The number of hydrogen-bond acceptors (Lipinski definition) is 4. The third-order valence-corrected chi connectivity index (χ3v) is 7.95. The molecule has 0 amide bonds. The molecule has 0 aliphatic rings. The van der Waals surface area contributed by atoms with Gasteiger partial charge < -0.3 is 18.4 Å². The van der Waals surface area contributed by atoms with E-state index in [1.54, 1.807) is 6.07 Å². The van der Waals surface area contributed by atoms with Crippen LogP contribution in [0.2, 0.25) is 6.04 Å². The Balaban J connectivity index is 0.000000224. The zero-order valence-electron chi connectivity index (χ0n) is 18.3. The Kier molecular flexibility index (Phi) is 9.46. The lowest BCUT2D eigenvalue weighted by Crippen LogP contribution is -2.45. The predicted octanol–water partition coefficient (Wildman–Crippen LogP) is 6.14. The molecule has 0 unspecified atom stereocenters. The Hall–Kier alpha value is -2.25. The average molecular weight is 429 g/mol. The van der Waals surface area contributed by atoms with E-state index in [1.807, 2.05) is 69.3 Å². The predicted molar refractivity (Wildman–Crippen MR) is 124 cm³/mol. The molecule has 0 aliphatic heterocycles. The molecular formula is C24H32O5Si. The highest BCUT2D eigenvalue weighted by Gasteiger charge is 2.38. The van der Waals surface area contributed by atoms with Gasteiger partial charge in [-0.15, -0.1) is 0 Å². The van der Waals surface area contributed by atoms with Crippen LogP contribution >= 0.6 is 0 Å². The fourth-order valence-electron chi connectivity index (χ4n) is 3.54. The summed E-state index contributed by atoms with van der Waals surface area (Å²) in [5, 5.41) is 13.1. The van der Waals surface area contributed by atoms with Crippen LogP contribution in [0.4, 0.5) is 0 Å². The molecule has 0 spiro atoms. The minimum Gasteiger partial charge on any atom is -0.478 e. The molecular weight excluding hydrogens is 396 g/mol. The molecule has 0 aromatic heterocycles. The Morgan fingerprint density at radius 2 is 1.30 bits per heavy atom. The second kappa shape index (κ2) is 11.8. The van der Waals surface area contributed by atoms with E-state index < -0.39 is 14.8 Å². The van der Waals surface area contributed by atoms with E-state index in [4.69, 9.17) is 13.3 Å². The van der Waals surface area contributed by atoms with Crippen molar-refractivity contribution < 1.29 is 23.2 Å². The molecule has 3 rings (SSSR count). The number of hydrogen-bond donors (Lipinski definition) is 1. The SMILES string of the molecule is CCC[Si](OCC)(OCC)OCC.O=C(O)c1cc2ccccc2c2ccccc12. The lowest BCUT2D eigenvalue weighted by molar-refractivity contribution is 0.0694. The molecule has 1 N–H and O–H groups in total. The first-order chi connectivity index (χ1) is 14.5. The maximum Gasteiger partial charge on any atom is 0.500 e. The van der Waals surface area contributed by atoms with Gasteiger partial charge >= 0.3 is 14.8 Å². The highest BCUT2D eigenvalue weighted by molar-refractivity contribution is 6.60. The minimum atomic E-state index is -2.30. The summed E-state index contributed by atoms with van der Waals surface area (Å²) in [6.07, 6.45) is 1.05. The monoisotopic (exact) mass is 428 g/mol. The summed E-state index contributed by atoms with van der Waals surface area (Å²) in [6.45, 7) is 10.1. The second-order valence-corrected chi connectivity index (χ2v) is 9.46. The topological polar surface area (TPSA) is 65.0 Å². The first kappa shape index (κ1) is 24.0. The van der Waals surface area contributed by atoms with E-state index in [0.29, 0.717) is 25.4 Å². The van der Waals surface area contributed by atoms with Crippen LogP contribution in [-0.2, 0) is 13.3 Å². The molecule has 162 valence electrons. The third kappa shape index (κ3) is 5.89. The third-order valence-electron chi connectivity index (χ3n) is 4.65. The van der Waals surface area contributed by atoms with Gasteiger partial charge in [-0.05, 0) is 48.4 Å². The van der Waals surface area contributed by atoms with E-state index in [0.717, 1.165) is 34.0 Å². The van der Waals surface area contributed by atoms with E-state index in [9.17, 15) is 9.90 Å². The number of aromatic carboxylic acids is 1. The number of carboxylic acids is 1. The van der Waals surface area contributed by atoms with Gasteiger partial charge in [0, 0.05) is 25.9 Å². The molecule has 5 nitrogen and oxygen atoms in total. The van der Waals surface area contributed by atoms with Gasteiger partial charge in [-0.25, -0.2) is 4.79 Å². The smallest absolute Gasteiger partial charge is 0.478 e. The molecule has 0 atom stereocenters. The summed E-state index contributed by atoms with van der Waals surface area (Å²) in [6, 6.07) is 18.1. The summed E-state index contributed by atoms with van der Waals surface area (Å²) in [5.41, 5.74) is 0.360. The second-order valence-electron chi connectivity index (χ2n) is 6.73. The Labute approximate surface area is 179 Å². The number of benzene rings is 3. The Morgan fingerprint density at radius 3 is 1.80 bits per heavy atom. The first-order valence-corrected chi connectivity index (χ1v) is 12.5. The van der Waals surface area contributed by atoms with Gasteiger partial charge in [-0.3, -0.25) is 0 Å². The van der Waals surface area contributed by atoms with Crippen molar-refractivity contribution in [3.8, 4) is 0 Å². The van der Waals surface area contributed by atoms with Crippen molar-refractivity contribution in [2.24, 2.45) is 0 Å².